The van der Waals surface area contributed by atoms with E-state index in [0.717, 1.165) is 14.8 Å². The number of thiazole rings is 1. The maximum Gasteiger partial charge on any atom is 0.449 e. The van der Waals surface area contributed by atoms with Gasteiger partial charge in [-0.1, -0.05) is 35.6 Å². The molecule has 11 heteroatoms. The molecule has 0 bridgehead atoms. The zero-order chi connectivity index (χ0) is 22.9. The van der Waals surface area contributed by atoms with E-state index in [1.807, 2.05) is 24.3 Å². The number of carbonyl (C=O) groups excluding carboxylic acids is 2. The van der Waals surface area contributed by atoms with E-state index >= 15 is 0 Å². The number of carbonyl (C=O) groups is 2. The molecule has 0 unspecified atom stereocenters. The van der Waals surface area contributed by atoms with Crippen molar-refractivity contribution in [2.45, 2.75) is 19.6 Å². The summed E-state index contributed by atoms with van der Waals surface area (Å²) in [7, 11) is 0. The number of benzene rings is 2. The molecule has 166 valence electrons. The molecule has 0 atom stereocenters. The van der Waals surface area contributed by atoms with E-state index in [1.54, 1.807) is 19.1 Å². The first-order valence-electron chi connectivity index (χ1n) is 9.62. The molecule has 0 aliphatic heterocycles. The number of alkyl halides is 3. The van der Waals surface area contributed by atoms with Gasteiger partial charge in [0.1, 0.15) is 6.54 Å². The minimum Gasteiger partial charge on any atom is -0.454 e. The molecule has 2 aromatic carbocycles. The number of amides is 1. The fraction of sp³-hybridized carbons (Fsp3) is 0.238. The van der Waals surface area contributed by atoms with Crippen molar-refractivity contribution >= 4 is 49.6 Å². The third-order valence-corrected chi connectivity index (χ3v) is 5.74. The molecule has 4 aromatic rings. The highest BCUT2D eigenvalue weighted by Gasteiger charge is 2.38. The van der Waals surface area contributed by atoms with Crippen LogP contribution in [0.15, 0.2) is 48.5 Å². The van der Waals surface area contributed by atoms with Gasteiger partial charge < -0.3 is 9.30 Å². The van der Waals surface area contributed by atoms with E-state index in [2.05, 4.69) is 9.97 Å². The van der Waals surface area contributed by atoms with Gasteiger partial charge >= 0.3 is 12.1 Å². The molecule has 0 aliphatic carbocycles. The van der Waals surface area contributed by atoms with Crippen molar-refractivity contribution in [1.29, 1.82) is 0 Å². The van der Waals surface area contributed by atoms with Gasteiger partial charge in [-0.2, -0.15) is 13.2 Å². The van der Waals surface area contributed by atoms with Gasteiger partial charge in [-0.15, -0.1) is 0 Å². The van der Waals surface area contributed by atoms with Crippen molar-refractivity contribution in [2.75, 3.05) is 18.1 Å². The number of anilines is 1. The highest BCUT2D eigenvalue weighted by atomic mass is 32.1. The number of imidazole rings is 1. The highest BCUT2D eigenvalue weighted by molar-refractivity contribution is 7.22. The largest absolute Gasteiger partial charge is 0.454 e. The third kappa shape index (κ3) is 4.28. The van der Waals surface area contributed by atoms with Crippen LogP contribution in [0, 0.1) is 0 Å². The smallest absolute Gasteiger partial charge is 0.449 e. The Balaban J connectivity index is 1.47. The number of halogens is 3. The molecule has 0 N–H and O–H groups in total. The average molecular weight is 462 g/mol. The van der Waals surface area contributed by atoms with Crippen LogP contribution in [0.1, 0.15) is 12.7 Å². The van der Waals surface area contributed by atoms with Crippen molar-refractivity contribution in [3.05, 3.63) is 54.4 Å². The summed E-state index contributed by atoms with van der Waals surface area (Å²) in [5.74, 6) is -2.70. The second-order valence-electron chi connectivity index (χ2n) is 6.77. The highest BCUT2D eigenvalue weighted by Crippen LogP contribution is 2.31. The van der Waals surface area contributed by atoms with E-state index in [0.29, 0.717) is 11.7 Å². The molecule has 0 fully saturated rings. The molecular formula is C21H17F3N4O3S. The topological polar surface area (TPSA) is 77.3 Å². The van der Waals surface area contributed by atoms with Crippen molar-refractivity contribution in [3.63, 3.8) is 0 Å². The molecule has 0 saturated carbocycles. The predicted molar refractivity (Wildman–Crippen MR) is 113 cm³/mol. The van der Waals surface area contributed by atoms with E-state index in [4.69, 9.17) is 4.74 Å². The number of hydrogen-bond donors (Lipinski definition) is 0. The van der Waals surface area contributed by atoms with Gasteiger partial charge in [-0.3, -0.25) is 14.5 Å². The summed E-state index contributed by atoms with van der Waals surface area (Å²) >= 11 is 1.32. The summed E-state index contributed by atoms with van der Waals surface area (Å²) in [5.41, 5.74) is 0.992. The number of nitrogens with zero attached hydrogens (tertiary/aromatic N) is 4. The minimum absolute atomic E-state index is 0.108. The number of fused-ring (bicyclic) bond motifs is 2. The fourth-order valence-corrected chi connectivity index (χ4v) is 4.29. The van der Waals surface area contributed by atoms with Gasteiger partial charge in [0.05, 0.1) is 21.3 Å². The third-order valence-electron chi connectivity index (χ3n) is 4.68. The maximum atomic E-state index is 13.4. The Morgan fingerprint density at radius 2 is 1.75 bits per heavy atom. The second-order valence-corrected chi connectivity index (χ2v) is 7.78. The zero-order valence-corrected chi connectivity index (χ0v) is 17.6. The van der Waals surface area contributed by atoms with Crippen LogP contribution in [0.25, 0.3) is 21.3 Å². The molecule has 2 heterocycles. The molecule has 32 heavy (non-hydrogen) atoms. The number of rotatable bonds is 6. The summed E-state index contributed by atoms with van der Waals surface area (Å²) < 4.78 is 46.8. The number of likely N-dealkylation sites (N-methyl/N-ethyl adjacent to an activating group) is 1. The number of ether oxygens (including phenoxy) is 1. The number of hydrogen-bond acceptors (Lipinski definition) is 6. The number of para-hydroxylation sites is 3. The van der Waals surface area contributed by atoms with Gasteiger partial charge in [0, 0.05) is 6.54 Å². The first-order valence-corrected chi connectivity index (χ1v) is 10.4. The first-order chi connectivity index (χ1) is 15.3. The SMILES string of the molecule is CCN(C(=O)COC(=O)Cn1c(C(F)(F)F)nc2ccccc21)c1nc2ccccc2s1. The Labute approximate surface area is 184 Å². The van der Waals surface area contributed by atoms with Crippen LogP contribution in [0.2, 0.25) is 0 Å². The van der Waals surface area contributed by atoms with Crippen LogP contribution >= 0.6 is 11.3 Å². The van der Waals surface area contributed by atoms with Gasteiger partial charge in [-0.05, 0) is 31.2 Å². The predicted octanol–water partition coefficient (Wildman–Crippen LogP) is 4.26. The minimum atomic E-state index is -4.75. The van der Waals surface area contributed by atoms with Gasteiger partial charge in [-0.25, -0.2) is 9.97 Å². The van der Waals surface area contributed by atoms with Crippen molar-refractivity contribution in [2.24, 2.45) is 0 Å². The standard InChI is InChI=1S/C21H17F3N4O3S/c1-2-27(20-26-14-8-4-6-10-16(14)32-20)17(29)12-31-18(30)11-28-15-9-5-3-7-13(15)25-19(28)21(22,23)24/h3-10H,2,11-12H2,1H3. The van der Waals surface area contributed by atoms with Crippen LogP contribution in [-0.2, 0) is 27.0 Å². The normalized spacial score (nSPS) is 11.8. The Bertz CT molecular complexity index is 1270. The Kier molecular flexibility index (Phi) is 5.83. The first kappa shape index (κ1) is 21.8. The van der Waals surface area contributed by atoms with Crippen LogP contribution in [-0.4, -0.2) is 39.6 Å². The van der Waals surface area contributed by atoms with E-state index in [-0.39, 0.29) is 11.0 Å². The molecule has 7 nitrogen and oxygen atoms in total. The van der Waals surface area contributed by atoms with Crippen molar-refractivity contribution in [1.82, 2.24) is 14.5 Å². The summed E-state index contributed by atoms with van der Waals surface area (Å²) in [6.45, 7) is 0.700. The summed E-state index contributed by atoms with van der Waals surface area (Å²) in [5, 5.41) is 0.453. The summed E-state index contributed by atoms with van der Waals surface area (Å²) in [6.07, 6.45) is -4.75. The van der Waals surface area contributed by atoms with Crippen LogP contribution < -0.4 is 4.90 Å². The molecule has 0 spiro atoms. The zero-order valence-electron chi connectivity index (χ0n) is 16.8. The monoisotopic (exact) mass is 462 g/mol. The quantitative estimate of drug-likeness (QED) is 0.400. The summed E-state index contributed by atoms with van der Waals surface area (Å²) in [6, 6.07) is 13.4. The molecule has 0 saturated heterocycles. The van der Waals surface area contributed by atoms with Gasteiger partial charge in [0.25, 0.3) is 5.91 Å². The maximum absolute atomic E-state index is 13.4. The lowest BCUT2D eigenvalue weighted by Crippen LogP contribution is -2.35. The Morgan fingerprint density at radius 1 is 1.06 bits per heavy atom. The Morgan fingerprint density at radius 3 is 2.44 bits per heavy atom. The lowest BCUT2D eigenvalue weighted by molar-refractivity contribution is -0.152. The van der Waals surface area contributed by atoms with Crippen LogP contribution in [0.4, 0.5) is 18.3 Å². The van der Waals surface area contributed by atoms with E-state index in [1.165, 1.54) is 28.4 Å². The van der Waals surface area contributed by atoms with E-state index in [9.17, 15) is 22.8 Å². The molecule has 2 aromatic heterocycles. The van der Waals surface area contributed by atoms with E-state index < -0.39 is 37.0 Å². The number of esters is 1. The average Bonchev–Trinajstić information content (AvgIpc) is 3.34. The lowest BCUT2D eigenvalue weighted by Gasteiger charge is -2.17. The van der Waals surface area contributed by atoms with Gasteiger partial charge in [0.15, 0.2) is 11.7 Å². The lowest BCUT2D eigenvalue weighted by atomic mass is 10.3. The summed E-state index contributed by atoms with van der Waals surface area (Å²) in [4.78, 5) is 34.3. The molecule has 0 radical (unpaired) electrons. The number of aromatic nitrogens is 3. The second kappa shape index (κ2) is 8.58. The molecule has 1 amide bonds. The molecule has 0 aliphatic rings. The fourth-order valence-electron chi connectivity index (χ4n) is 3.24. The molecular weight excluding hydrogens is 445 g/mol. The molecule has 4 rings (SSSR count). The Hall–Kier alpha value is -3.47. The van der Waals surface area contributed by atoms with Crippen molar-refractivity contribution < 1.29 is 27.5 Å². The van der Waals surface area contributed by atoms with Crippen LogP contribution in [0.3, 0.4) is 0 Å². The van der Waals surface area contributed by atoms with Crippen LogP contribution in [0.5, 0.6) is 0 Å². The van der Waals surface area contributed by atoms with Crippen molar-refractivity contribution in [3.8, 4) is 0 Å². The van der Waals surface area contributed by atoms with Gasteiger partial charge in [0.2, 0.25) is 5.82 Å².